The van der Waals surface area contributed by atoms with Gasteiger partial charge >= 0.3 is 0 Å². The Balaban J connectivity index is 1.64. The van der Waals surface area contributed by atoms with E-state index in [1.807, 2.05) is 37.3 Å². The van der Waals surface area contributed by atoms with Gasteiger partial charge in [0.2, 0.25) is 0 Å². The van der Waals surface area contributed by atoms with Crippen LogP contribution in [0, 0.1) is 6.92 Å². The molecule has 0 spiro atoms. The lowest BCUT2D eigenvalue weighted by Gasteiger charge is -2.08. The largest absolute Gasteiger partial charge is 0.322 e. The van der Waals surface area contributed by atoms with Crippen molar-refractivity contribution in [1.29, 1.82) is 0 Å². The molecule has 5 heteroatoms. The van der Waals surface area contributed by atoms with Crippen molar-refractivity contribution in [3.63, 3.8) is 0 Å². The van der Waals surface area contributed by atoms with Crippen molar-refractivity contribution in [2.45, 2.75) is 6.92 Å². The van der Waals surface area contributed by atoms with Crippen molar-refractivity contribution in [2.24, 2.45) is 0 Å². The van der Waals surface area contributed by atoms with Crippen LogP contribution < -0.4 is 10.6 Å². The van der Waals surface area contributed by atoms with Gasteiger partial charge < -0.3 is 10.6 Å². The summed E-state index contributed by atoms with van der Waals surface area (Å²) in [6.07, 6.45) is 0. The summed E-state index contributed by atoms with van der Waals surface area (Å²) in [6, 6.07) is 21.5. The molecular formula is C21H17BrN2O2. The Labute approximate surface area is 160 Å². The van der Waals surface area contributed by atoms with Crippen LogP contribution in [-0.4, -0.2) is 11.8 Å². The van der Waals surface area contributed by atoms with Crippen LogP contribution in [0.2, 0.25) is 0 Å². The number of hydrogen-bond donors (Lipinski definition) is 2. The summed E-state index contributed by atoms with van der Waals surface area (Å²) in [5, 5.41) is 5.68. The molecule has 26 heavy (non-hydrogen) atoms. The number of benzene rings is 3. The zero-order valence-electron chi connectivity index (χ0n) is 14.1. The summed E-state index contributed by atoms with van der Waals surface area (Å²) in [6.45, 7) is 1.94. The van der Waals surface area contributed by atoms with Crippen molar-refractivity contribution in [2.75, 3.05) is 10.6 Å². The Hall–Kier alpha value is -2.92. The number of hydrogen-bond acceptors (Lipinski definition) is 2. The molecule has 0 bridgehead atoms. The monoisotopic (exact) mass is 408 g/mol. The predicted molar refractivity (Wildman–Crippen MR) is 108 cm³/mol. The molecule has 0 aromatic heterocycles. The van der Waals surface area contributed by atoms with E-state index in [0.29, 0.717) is 22.5 Å². The van der Waals surface area contributed by atoms with Gasteiger partial charge in [0.05, 0.1) is 0 Å². The maximum absolute atomic E-state index is 12.3. The summed E-state index contributed by atoms with van der Waals surface area (Å²) in [4.78, 5) is 24.5. The minimum atomic E-state index is -0.186. The lowest BCUT2D eigenvalue weighted by molar-refractivity contribution is 0.101. The first-order chi connectivity index (χ1) is 12.5. The van der Waals surface area contributed by atoms with Crippen molar-refractivity contribution >= 4 is 39.1 Å². The van der Waals surface area contributed by atoms with E-state index < -0.39 is 0 Å². The Bertz CT molecular complexity index is 935. The van der Waals surface area contributed by atoms with Gasteiger partial charge in [-0.1, -0.05) is 33.6 Å². The zero-order chi connectivity index (χ0) is 18.5. The van der Waals surface area contributed by atoms with E-state index in [4.69, 9.17) is 0 Å². The second-order valence-electron chi connectivity index (χ2n) is 5.86. The molecule has 0 radical (unpaired) electrons. The molecule has 0 saturated heterocycles. The van der Waals surface area contributed by atoms with Crippen molar-refractivity contribution in [3.8, 4) is 0 Å². The smallest absolute Gasteiger partial charge is 0.255 e. The van der Waals surface area contributed by atoms with E-state index in [-0.39, 0.29) is 11.8 Å². The third kappa shape index (κ3) is 4.58. The molecule has 3 rings (SSSR count). The number of carbonyl (C=O) groups is 2. The highest BCUT2D eigenvalue weighted by molar-refractivity contribution is 9.10. The molecule has 0 atom stereocenters. The first-order valence-electron chi connectivity index (χ1n) is 8.06. The van der Waals surface area contributed by atoms with Gasteiger partial charge in [-0.15, -0.1) is 0 Å². The van der Waals surface area contributed by atoms with Crippen molar-refractivity contribution in [3.05, 3.63) is 94.0 Å². The Kier molecular flexibility index (Phi) is 5.49. The third-order valence-corrected chi connectivity index (χ3v) is 4.32. The van der Waals surface area contributed by atoms with Crippen LogP contribution in [0.5, 0.6) is 0 Å². The van der Waals surface area contributed by atoms with Gasteiger partial charge in [-0.3, -0.25) is 9.59 Å². The molecule has 0 saturated carbocycles. The molecule has 0 fully saturated rings. The van der Waals surface area contributed by atoms with Gasteiger partial charge in [0.25, 0.3) is 11.8 Å². The summed E-state index contributed by atoms with van der Waals surface area (Å²) in [5.74, 6) is -0.352. The van der Waals surface area contributed by atoms with Crippen LogP contribution in [0.1, 0.15) is 26.3 Å². The van der Waals surface area contributed by atoms with Gasteiger partial charge in [-0.25, -0.2) is 0 Å². The summed E-state index contributed by atoms with van der Waals surface area (Å²) in [5.41, 5.74) is 3.54. The molecule has 0 aliphatic carbocycles. The number of rotatable bonds is 4. The van der Waals surface area contributed by atoms with Gasteiger partial charge in [-0.05, 0) is 67.6 Å². The minimum absolute atomic E-state index is 0.166. The molecule has 0 heterocycles. The normalized spacial score (nSPS) is 10.2. The Morgan fingerprint density at radius 1 is 0.731 bits per heavy atom. The number of amides is 2. The molecule has 4 nitrogen and oxygen atoms in total. The molecule has 0 unspecified atom stereocenters. The number of nitrogens with one attached hydrogen (secondary N) is 2. The van der Waals surface area contributed by atoms with Crippen molar-refractivity contribution < 1.29 is 9.59 Å². The summed E-state index contributed by atoms with van der Waals surface area (Å²) < 4.78 is 0.919. The average Bonchev–Trinajstić information content (AvgIpc) is 2.64. The second-order valence-corrected chi connectivity index (χ2v) is 6.78. The predicted octanol–water partition coefficient (Wildman–Crippen LogP) is 5.26. The lowest BCUT2D eigenvalue weighted by atomic mass is 10.1. The zero-order valence-corrected chi connectivity index (χ0v) is 15.7. The van der Waals surface area contributed by atoms with Crippen LogP contribution in [0.4, 0.5) is 11.4 Å². The topological polar surface area (TPSA) is 58.2 Å². The van der Waals surface area contributed by atoms with E-state index in [2.05, 4.69) is 26.6 Å². The van der Waals surface area contributed by atoms with Crippen LogP contribution in [0.15, 0.2) is 77.3 Å². The number of aryl methyl sites for hydroxylation is 1. The number of halogens is 1. The highest BCUT2D eigenvalue weighted by atomic mass is 79.9. The van der Waals surface area contributed by atoms with Gasteiger partial charge in [0, 0.05) is 27.0 Å². The fraction of sp³-hybridized carbons (Fsp3) is 0.0476. The van der Waals surface area contributed by atoms with E-state index in [9.17, 15) is 9.59 Å². The van der Waals surface area contributed by atoms with Crippen LogP contribution >= 0.6 is 15.9 Å². The SMILES string of the molecule is Cc1cccc(C(=O)Nc2ccc(NC(=O)c3ccc(Br)cc3)cc2)c1. The number of anilines is 2. The first-order valence-corrected chi connectivity index (χ1v) is 8.85. The minimum Gasteiger partial charge on any atom is -0.322 e. The second kappa shape index (κ2) is 7.97. The van der Waals surface area contributed by atoms with Gasteiger partial charge in [0.1, 0.15) is 0 Å². The van der Waals surface area contributed by atoms with Gasteiger partial charge in [-0.2, -0.15) is 0 Å². The molecular weight excluding hydrogens is 392 g/mol. The van der Waals surface area contributed by atoms with Crippen LogP contribution in [0.25, 0.3) is 0 Å². The van der Waals surface area contributed by atoms with Crippen LogP contribution in [-0.2, 0) is 0 Å². The van der Waals surface area contributed by atoms with Crippen molar-refractivity contribution in [1.82, 2.24) is 0 Å². The molecule has 2 amide bonds. The molecule has 0 aliphatic heterocycles. The van der Waals surface area contributed by atoms with E-state index >= 15 is 0 Å². The molecule has 2 N–H and O–H groups in total. The lowest BCUT2D eigenvalue weighted by Crippen LogP contribution is -2.13. The Morgan fingerprint density at radius 3 is 1.81 bits per heavy atom. The standard InChI is InChI=1S/C21H17BrN2O2/c1-14-3-2-4-16(13-14)21(26)24-19-11-9-18(10-12-19)23-20(25)15-5-7-17(22)8-6-15/h2-13H,1H3,(H,23,25)(H,24,26). The Morgan fingerprint density at radius 2 is 1.27 bits per heavy atom. The molecule has 3 aromatic carbocycles. The number of carbonyl (C=O) groups excluding carboxylic acids is 2. The molecule has 3 aromatic rings. The average molecular weight is 409 g/mol. The summed E-state index contributed by atoms with van der Waals surface area (Å²) >= 11 is 3.34. The molecule has 130 valence electrons. The highest BCUT2D eigenvalue weighted by Gasteiger charge is 2.08. The van der Waals surface area contributed by atoms with Gasteiger partial charge in [0.15, 0.2) is 0 Å². The van der Waals surface area contributed by atoms with E-state index in [0.717, 1.165) is 10.0 Å². The summed E-state index contributed by atoms with van der Waals surface area (Å²) in [7, 11) is 0. The first kappa shape index (κ1) is 17.9. The molecule has 0 aliphatic rings. The fourth-order valence-corrected chi connectivity index (χ4v) is 2.70. The third-order valence-electron chi connectivity index (χ3n) is 3.79. The van der Waals surface area contributed by atoms with E-state index in [1.54, 1.807) is 42.5 Å². The van der Waals surface area contributed by atoms with Crippen LogP contribution in [0.3, 0.4) is 0 Å². The fourth-order valence-electron chi connectivity index (χ4n) is 2.43. The maximum atomic E-state index is 12.3. The maximum Gasteiger partial charge on any atom is 0.255 e. The van der Waals surface area contributed by atoms with E-state index in [1.165, 1.54) is 0 Å². The quantitative estimate of drug-likeness (QED) is 0.618. The highest BCUT2D eigenvalue weighted by Crippen LogP contribution is 2.17.